The van der Waals surface area contributed by atoms with E-state index in [1.54, 1.807) is 13.8 Å². The van der Waals surface area contributed by atoms with Crippen LogP contribution in [0, 0.1) is 5.92 Å². The zero-order chi connectivity index (χ0) is 25.3. The van der Waals surface area contributed by atoms with Crippen LogP contribution in [0.2, 0.25) is 0 Å². The van der Waals surface area contributed by atoms with E-state index < -0.39 is 66.0 Å². The van der Waals surface area contributed by atoms with Crippen LogP contribution in [0.25, 0.3) is 0 Å². The van der Waals surface area contributed by atoms with Crippen LogP contribution >= 0.6 is 0 Å². The second kappa shape index (κ2) is 12.9. The largest absolute Gasteiger partial charge is 0.480 e. The van der Waals surface area contributed by atoms with Crippen LogP contribution in [-0.2, 0) is 25.6 Å². The summed E-state index contributed by atoms with van der Waals surface area (Å²) >= 11 is 0. The first-order chi connectivity index (χ1) is 15.4. The molecule has 0 aliphatic rings. The van der Waals surface area contributed by atoms with Crippen molar-refractivity contribution in [2.24, 2.45) is 11.7 Å². The molecule has 1 heterocycles. The van der Waals surface area contributed by atoms with Crippen molar-refractivity contribution >= 4 is 23.7 Å². The average molecular weight is 471 g/mol. The summed E-state index contributed by atoms with van der Waals surface area (Å²) in [5.41, 5.74) is 6.17. The van der Waals surface area contributed by atoms with Crippen LogP contribution in [0.5, 0.6) is 0 Å². The molecular weight excluding hydrogens is 436 g/mol. The van der Waals surface area contributed by atoms with E-state index in [9.17, 15) is 34.5 Å². The molecule has 13 nitrogen and oxygen atoms in total. The Morgan fingerprint density at radius 1 is 1.00 bits per heavy atom. The van der Waals surface area contributed by atoms with E-state index in [4.69, 9.17) is 5.73 Å². The Bertz CT molecular complexity index is 799. The Balaban J connectivity index is 3.09. The lowest BCUT2D eigenvalue weighted by Gasteiger charge is -2.28. The lowest BCUT2D eigenvalue weighted by atomic mass is 9.96. The van der Waals surface area contributed by atoms with Gasteiger partial charge in [-0.25, -0.2) is 9.78 Å². The van der Waals surface area contributed by atoms with E-state index in [2.05, 4.69) is 25.9 Å². The van der Waals surface area contributed by atoms with Gasteiger partial charge in [0.25, 0.3) is 0 Å². The molecule has 0 saturated heterocycles. The fraction of sp³-hybridized carbons (Fsp3) is 0.650. The molecule has 7 atom stereocenters. The number of carbonyl (C=O) groups is 4. The Kier molecular flexibility index (Phi) is 10.9. The van der Waals surface area contributed by atoms with E-state index in [-0.39, 0.29) is 6.42 Å². The lowest BCUT2D eigenvalue weighted by molar-refractivity contribution is -0.145. The number of carboxylic acids is 1. The number of aromatic nitrogens is 2. The summed E-state index contributed by atoms with van der Waals surface area (Å²) < 4.78 is 0. The number of aliphatic hydroxyl groups excluding tert-OH is 2. The molecule has 9 N–H and O–H groups in total. The Labute approximate surface area is 191 Å². The first-order valence-electron chi connectivity index (χ1n) is 10.6. The average Bonchev–Trinajstić information content (AvgIpc) is 3.26. The smallest absolute Gasteiger partial charge is 0.328 e. The van der Waals surface area contributed by atoms with E-state index in [0.29, 0.717) is 12.1 Å². The highest BCUT2D eigenvalue weighted by atomic mass is 16.4. The number of nitrogens with one attached hydrogen (secondary N) is 4. The van der Waals surface area contributed by atoms with Gasteiger partial charge in [-0.1, -0.05) is 20.3 Å². The Morgan fingerprint density at radius 2 is 1.61 bits per heavy atom. The molecule has 3 amide bonds. The van der Waals surface area contributed by atoms with Gasteiger partial charge in [0.2, 0.25) is 17.7 Å². The van der Waals surface area contributed by atoms with Gasteiger partial charge < -0.3 is 42.0 Å². The Morgan fingerprint density at radius 3 is 2.06 bits per heavy atom. The predicted molar refractivity (Wildman–Crippen MR) is 117 cm³/mol. The number of rotatable bonds is 13. The SMILES string of the molecule is CCC(C)C(NC(=O)C(Cc1cnc[nH]1)NC(=O)C(N)C(C)O)C(=O)NC(C(=O)O)C(C)O. The van der Waals surface area contributed by atoms with Crippen LogP contribution in [0.4, 0.5) is 0 Å². The van der Waals surface area contributed by atoms with Gasteiger partial charge in [0.05, 0.1) is 18.5 Å². The molecular formula is C20H34N6O7. The molecule has 1 aromatic heterocycles. The monoisotopic (exact) mass is 470 g/mol. The van der Waals surface area contributed by atoms with Crippen molar-refractivity contribution in [1.29, 1.82) is 0 Å². The molecule has 0 bridgehead atoms. The summed E-state index contributed by atoms with van der Waals surface area (Å²) in [6.45, 7) is 6.02. The topological polar surface area (TPSA) is 220 Å². The third kappa shape index (κ3) is 8.44. The normalized spacial score (nSPS) is 17.5. The van der Waals surface area contributed by atoms with Crippen LogP contribution in [0.3, 0.4) is 0 Å². The van der Waals surface area contributed by atoms with Gasteiger partial charge in [0.1, 0.15) is 18.1 Å². The molecule has 33 heavy (non-hydrogen) atoms. The second-order valence-electron chi connectivity index (χ2n) is 8.05. The van der Waals surface area contributed by atoms with Crippen molar-refractivity contribution in [2.75, 3.05) is 0 Å². The number of carboxylic acid groups (broad SMARTS) is 1. The van der Waals surface area contributed by atoms with Gasteiger partial charge in [-0.05, 0) is 19.8 Å². The van der Waals surface area contributed by atoms with Gasteiger partial charge in [-0.3, -0.25) is 14.4 Å². The number of aliphatic hydroxyl groups is 2. The molecule has 186 valence electrons. The lowest BCUT2D eigenvalue weighted by Crippen LogP contribution is -2.60. The van der Waals surface area contributed by atoms with E-state index in [1.807, 2.05) is 0 Å². The maximum Gasteiger partial charge on any atom is 0.328 e. The summed E-state index contributed by atoms with van der Waals surface area (Å²) in [7, 11) is 0. The standard InChI is InChI=1S/C20H34N6O7/c1-5-9(2)15(19(31)26-16(11(4)28)20(32)33)25-17(29)13(6-12-7-22-8-23-12)24-18(30)14(21)10(3)27/h7-11,13-16,27-28H,5-6,21H2,1-4H3,(H,22,23)(H,24,30)(H,25,29)(H,26,31)(H,32,33). The highest BCUT2D eigenvalue weighted by molar-refractivity contribution is 5.94. The number of hydrogen-bond donors (Lipinski definition) is 8. The van der Waals surface area contributed by atoms with Crippen molar-refractivity contribution in [2.45, 2.75) is 76.9 Å². The van der Waals surface area contributed by atoms with Gasteiger partial charge in [-0.15, -0.1) is 0 Å². The molecule has 0 aliphatic carbocycles. The highest BCUT2D eigenvalue weighted by Crippen LogP contribution is 2.10. The number of carbonyl (C=O) groups excluding carboxylic acids is 3. The molecule has 0 saturated carbocycles. The van der Waals surface area contributed by atoms with Crippen LogP contribution in [0.15, 0.2) is 12.5 Å². The summed E-state index contributed by atoms with van der Waals surface area (Å²) in [6, 6.07) is -5.16. The fourth-order valence-electron chi connectivity index (χ4n) is 2.90. The quantitative estimate of drug-likeness (QED) is 0.154. The minimum atomic E-state index is -1.56. The molecule has 0 aromatic carbocycles. The minimum Gasteiger partial charge on any atom is -0.480 e. The van der Waals surface area contributed by atoms with E-state index >= 15 is 0 Å². The molecule has 0 fully saturated rings. The molecule has 1 aromatic rings. The summed E-state index contributed by atoms with van der Waals surface area (Å²) in [4.78, 5) is 56.3. The third-order valence-electron chi connectivity index (χ3n) is 5.27. The number of amides is 3. The highest BCUT2D eigenvalue weighted by Gasteiger charge is 2.34. The molecule has 7 unspecified atom stereocenters. The van der Waals surface area contributed by atoms with Crippen molar-refractivity contribution in [1.82, 2.24) is 25.9 Å². The summed E-state index contributed by atoms with van der Waals surface area (Å²) in [5.74, 6) is -4.11. The predicted octanol–water partition coefficient (Wildman–Crippen LogP) is -2.37. The molecule has 0 radical (unpaired) electrons. The van der Waals surface area contributed by atoms with Crippen molar-refractivity contribution in [3.8, 4) is 0 Å². The van der Waals surface area contributed by atoms with Gasteiger partial charge >= 0.3 is 5.97 Å². The maximum atomic E-state index is 13.1. The van der Waals surface area contributed by atoms with Crippen molar-refractivity contribution in [3.05, 3.63) is 18.2 Å². The second-order valence-corrected chi connectivity index (χ2v) is 8.05. The number of nitrogens with two attached hydrogens (primary N) is 1. The number of H-pyrrole nitrogens is 1. The van der Waals surface area contributed by atoms with Crippen LogP contribution in [0.1, 0.15) is 39.8 Å². The van der Waals surface area contributed by atoms with Crippen molar-refractivity contribution in [3.63, 3.8) is 0 Å². The van der Waals surface area contributed by atoms with Gasteiger partial charge in [0, 0.05) is 18.3 Å². The molecule has 0 aliphatic heterocycles. The zero-order valence-electron chi connectivity index (χ0n) is 19.1. The number of hydrogen-bond acceptors (Lipinski definition) is 8. The first-order valence-corrected chi connectivity index (χ1v) is 10.6. The summed E-state index contributed by atoms with van der Waals surface area (Å²) in [6.07, 6.45) is 0.784. The van der Waals surface area contributed by atoms with Crippen LogP contribution < -0.4 is 21.7 Å². The van der Waals surface area contributed by atoms with Crippen molar-refractivity contribution < 1.29 is 34.5 Å². The molecule has 13 heteroatoms. The number of imidazole rings is 1. The van der Waals surface area contributed by atoms with E-state index in [0.717, 1.165) is 0 Å². The molecule has 0 spiro atoms. The van der Waals surface area contributed by atoms with E-state index in [1.165, 1.54) is 26.4 Å². The van der Waals surface area contributed by atoms with Gasteiger partial charge in [0.15, 0.2) is 6.04 Å². The third-order valence-corrected chi connectivity index (χ3v) is 5.27. The number of nitrogens with zero attached hydrogens (tertiary/aromatic N) is 1. The fourth-order valence-corrected chi connectivity index (χ4v) is 2.90. The maximum absolute atomic E-state index is 13.1. The molecule has 1 rings (SSSR count). The Hall–Kier alpha value is -3.03. The number of aromatic amines is 1. The zero-order valence-corrected chi connectivity index (χ0v) is 19.1. The minimum absolute atomic E-state index is 0.00955. The number of aliphatic carboxylic acids is 1. The first kappa shape index (κ1) is 28.0. The summed E-state index contributed by atoms with van der Waals surface area (Å²) in [5, 5.41) is 35.7. The van der Waals surface area contributed by atoms with Gasteiger partial charge in [-0.2, -0.15) is 0 Å². The van der Waals surface area contributed by atoms with Crippen LogP contribution in [-0.4, -0.2) is 85.4 Å².